The number of nitrogens with zero attached hydrogens (tertiary/aromatic N) is 3. The molecule has 0 saturated heterocycles. The van der Waals surface area contributed by atoms with E-state index in [1.165, 1.54) is 0 Å². The van der Waals surface area contributed by atoms with Gasteiger partial charge in [-0.15, -0.1) is 0 Å². The van der Waals surface area contributed by atoms with Crippen molar-refractivity contribution >= 4 is 10.0 Å². The molecular formula is C12H11F4N3O2S. The van der Waals surface area contributed by atoms with E-state index >= 15 is 0 Å². The molecule has 5 nitrogen and oxygen atoms in total. The molecule has 1 aromatic heterocycles. The molecule has 0 bridgehead atoms. The molecule has 0 spiro atoms. The second kappa shape index (κ2) is 6.05. The molecule has 0 aliphatic heterocycles. The molecule has 120 valence electrons. The predicted octanol–water partition coefficient (Wildman–Crippen LogP) is 2.38. The fourth-order valence-electron chi connectivity index (χ4n) is 1.79. The second-order valence-electron chi connectivity index (χ2n) is 4.39. The van der Waals surface area contributed by atoms with Crippen LogP contribution in [0.5, 0.6) is 0 Å². The van der Waals surface area contributed by atoms with Gasteiger partial charge in [0.25, 0.3) is 0 Å². The van der Waals surface area contributed by atoms with Gasteiger partial charge in [-0.2, -0.15) is 13.1 Å². The Bertz CT molecular complexity index is 756. The van der Waals surface area contributed by atoms with E-state index in [0.717, 1.165) is 19.4 Å². The lowest BCUT2D eigenvalue weighted by Crippen LogP contribution is -2.28. The molecule has 1 heterocycles. The van der Waals surface area contributed by atoms with Gasteiger partial charge in [-0.25, -0.2) is 22.2 Å². The molecule has 0 fully saturated rings. The van der Waals surface area contributed by atoms with Gasteiger partial charge in [0.1, 0.15) is 17.5 Å². The summed E-state index contributed by atoms with van der Waals surface area (Å²) in [6, 6.07) is 1.82. The molecule has 0 aliphatic rings. The number of alkyl halides is 2. The van der Waals surface area contributed by atoms with E-state index in [1.54, 1.807) is 0 Å². The summed E-state index contributed by atoms with van der Waals surface area (Å²) in [6.07, 6.45) is 2.10. The van der Waals surface area contributed by atoms with Crippen LogP contribution >= 0.6 is 0 Å². The molecule has 0 amide bonds. The van der Waals surface area contributed by atoms with Crippen molar-refractivity contribution < 1.29 is 26.0 Å². The SMILES string of the molecule is CN(Cc1nccn1C(F)F)S(=O)(=O)c1cc(F)cc(F)c1. The Balaban J connectivity index is 2.31. The minimum atomic E-state index is -4.25. The maximum Gasteiger partial charge on any atom is 0.319 e. The molecule has 0 radical (unpaired) electrons. The minimum absolute atomic E-state index is 0.196. The van der Waals surface area contributed by atoms with Crippen molar-refractivity contribution in [3.8, 4) is 0 Å². The zero-order valence-corrected chi connectivity index (χ0v) is 12.1. The molecule has 2 aromatic rings. The molecule has 0 saturated carbocycles. The highest BCUT2D eigenvalue weighted by Crippen LogP contribution is 2.20. The van der Waals surface area contributed by atoms with Gasteiger partial charge in [-0.3, -0.25) is 4.57 Å². The summed E-state index contributed by atoms with van der Waals surface area (Å²) in [5.41, 5.74) is 0. The molecule has 22 heavy (non-hydrogen) atoms. The lowest BCUT2D eigenvalue weighted by molar-refractivity contribution is 0.0658. The van der Waals surface area contributed by atoms with Crippen LogP contribution in [0.15, 0.2) is 35.5 Å². The zero-order valence-electron chi connectivity index (χ0n) is 11.2. The van der Waals surface area contributed by atoms with E-state index in [9.17, 15) is 26.0 Å². The van der Waals surface area contributed by atoms with Crippen LogP contribution in [0.4, 0.5) is 17.6 Å². The van der Waals surface area contributed by atoms with Crippen molar-refractivity contribution in [2.45, 2.75) is 18.0 Å². The Labute approximate surface area is 123 Å². The number of sulfonamides is 1. The first-order valence-electron chi connectivity index (χ1n) is 5.94. The van der Waals surface area contributed by atoms with Crippen LogP contribution in [-0.2, 0) is 16.6 Å². The lowest BCUT2D eigenvalue weighted by Gasteiger charge is -2.17. The summed E-state index contributed by atoms with van der Waals surface area (Å²) >= 11 is 0. The highest BCUT2D eigenvalue weighted by atomic mass is 32.2. The normalized spacial score (nSPS) is 12.3. The molecule has 0 N–H and O–H groups in total. The number of hydrogen-bond acceptors (Lipinski definition) is 3. The van der Waals surface area contributed by atoms with Crippen molar-refractivity contribution in [1.82, 2.24) is 13.9 Å². The van der Waals surface area contributed by atoms with Gasteiger partial charge >= 0.3 is 6.55 Å². The third kappa shape index (κ3) is 3.28. The highest BCUT2D eigenvalue weighted by Gasteiger charge is 2.24. The average molecular weight is 337 g/mol. The van der Waals surface area contributed by atoms with Crippen molar-refractivity contribution in [1.29, 1.82) is 0 Å². The Hall–Kier alpha value is -1.94. The molecule has 2 rings (SSSR count). The fourth-order valence-corrected chi connectivity index (χ4v) is 2.95. The van der Waals surface area contributed by atoms with Crippen LogP contribution in [0.2, 0.25) is 0 Å². The number of benzene rings is 1. The van der Waals surface area contributed by atoms with Crippen LogP contribution < -0.4 is 0 Å². The summed E-state index contributed by atoms with van der Waals surface area (Å²) in [5, 5.41) is 0. The first-order valence-corrected chi connectivity index (χ1v) is 7.38. The van der Waals surface area contributed by atoms with Crippen molar-refractivity contribution in [2.75, 3.05) is 7.05 Å². The maximum absolute atomic E-state index is 13.1. The largest absolute Gasteiger partial charge is 0.319 e. The molecule has 1 aromatic carbocycles. The summed E-state index contributed by atoms with van der Waals surface area (Å²) in [4.78, 5) is 3.04. The van der Waals surface area contributed by atoms with E-state index in [1.807, 2.05) is 0 Å². The monoisotopic (exact) mass is 337 g/mol. The van der Waals surface area contributed by atoms with Gasteiger partial charge in [-0.1, -0.05) is 0 Å². The van der Waals surface area contributed by atoms with E-state index in [2.05, 4.69) is 4.98 Å². The molecule has 0 unspecified atom stereocenters. The quantitative estimate of drug-likeness (QED) is 0.787. The molecule has 10 heteroatoms. The fraction of sp³-hybridized carbons (Fsp3) is 0.250. The number of rotatable bonds is 5. The van der Waals surface area contributed by atoms with Crippen LogP contribution in [-0.4, -0.2) is 29.3 Å². The highest BCUT2D eigenvalue weighted by molar-refractivity contribution is 7.89. The van der Waals surface area contributed by atoms with Crippen LogP contribution in [0.3, 0.4) is 0 Å². The molecule has 0 aliphatic carbocycles. The third-order valence-electron chi connectivity index (χ3n) is 2.87. The Morgan fingerprint density at radius 2 is 1.82 bits per heavy atom. The van der Waals surface area contributed by atoms with E-state index < -0.39 is 39.6 Å². The molecular weight excluding hydrogens is 326 g/mol. The van der Waals surface area contributed by atoms with E-state index in [0.29, 0.717) is 27.1 Å². The number of imidazole rings is 1. The first kappa shape index (κ1) is 16.4. The van der Waals surface area contributed by atoms with Gasteiger partial charge in [0.2, 0.25) is 10.0 Å². The zero-order chi connectivity index (χ0) is 16.5. The Morgan fingerprint density at radius 3 is 2.36 bits per heavy atom. The summed E-state index contributed by atoms with van der Waals surface area (Å²) in [5.74, 6) is -2.31. The van der Waals surface area contributed by atoms with Gasteiger partial charge in [0, 0.05) is 25.5 Å². The maximum atomic E-state index is 13.1. The number of hydrogen-bond donors (Lipinski definition) is 0. The van der Waals surface area contributed by atoms with E-state index in [-0.39, 0.29) is 5.82 Å². The Morgan fingerprint density at radius 1 is 1.23 bits per heavy atom. The number of halogens is 4. The second-order valence-corrected chi connectivity index (χ2v) is 6.44. The van der Waals surface area contributed by atoms with Gasteiger partial charge in [0.05, 0.1) is 11.4 Å². The van der Waals surface area contributed by atoms with Crippen molar-refractivity contribution in [2.24, 2.45) is 0 Å². The third-order valence-corrected chi connectivity index (χ3v) is 4.65. The van der Waals surface area contributed by atoms with Gasteiger partial charge in [-0.05, 0) is 12.1 Å². The van der Waals surface area contributed by atoms with Gasteiger partial charge < -0.3 is 0 Å². The van der Waals surface area contributed by atoms with Crippen molar-refractivity contribution in [3.63, 3.8) is 0 Å². The van der Waals surface area contributed by atoms with E-state index in [4.69, 9.17) is 0 Å². The predicted molar refractivity (Wildman–Crippen MR) is 68.5 cm³/mol. The number of aromatic nitrogens is 2. The average Bonchev–Trinajstić information content (AvgIpc) is 2.85. The topological polar surface area (TPSA) is 55.2 Å². The smallest absolute Gasteiger partial charge is 0.277 e. The van der Waals surface area contributed by atoms with Crippen molar-refractivity contribution in [3.05, 3.63) is 48.1 Å². The first-order chi connectivity index (χ1) is 10.2. The Kier molecular flexibility index (Phi) is 4.52. The standard InChI is InChI=1S/C12H11F4N3O2S/c1-18(7-11-17-2-3-19(11)12(15)16)22(20,21)10-5-8(13)4-9(14)6-10/h2-6,12H,7H2,1H3. The van der Waals surface area contributed by atoms with Gasteiger partial charge in [0.15, 0.2) is 0 Å². The molecule has 0 atom stereocenters. The summed E-state index contributed by atoms with van der Waals surface area (Å²) < 4.78 is 77.3. The van der Waals surface area contributed by atoms with Crippen LogP contribution in [0.1, 0.15) is 12.4 Å². The van der Waals surface area contributed by atoms with Crippen LogP contribution in [0.25, 0.3) is 0 Å². The minimum Gasteiger partial charge on any atom is -0.277 e. The summed E-state index contributed by atoms with van der Waals surface area (Å²) in [6.45, 7) is -3.35. The van der Waals surface area contributed by atoms with Crippen LogP contribution in [0, 0.1) is 11.6 Å². The lowest BCUT2D eigenvalue weighted by atomic mass is 10.3. The summed E-state index contributed by atoms with van der Waals surface area (Å²) in [7, 11) is -3.15.